The number of nitrogens with one attached hydrogen (secondary N) is 2. The molecule has 0 radical (unpaired) electrons. The van der Waals surface area contributed by atoms with E-state index < -0.39 is 0 Å². The van der Waals surface area contributed by atoms with Crippen LogP contribution >= 0.6 is 15.9 Å². The topological polar surface area (TPSA) is 49.8 Å². The molecule has 3 aliphatic rings. The van der Waals surface area contributed by atoms with Gasteiger partial charge in [-0.05, 0) is 65.8 Å². The second-order valence-corrected chi connectivity index (χ2v) is 6.87. The summed E-state index contributed by atoms with van der Waals surface area (Å²) in [6, 6.07) is 0.659. The Morgan fingerprint density at radius 1 is 1.21 bits per heavy atom. The third-order valence-corrected chi connectivity index (χ3v) is 5.92. The van der Waals surface area contributed by atoms with Gasteiger partial charge in [0.15, 0.2) is 0 Å². The summed E-state index contributed by atoms with van der Waals surface area (Å²) >= 11 is 3.61. The minimum atomic E-state index is 0.659. The van der Waals surface area contributed by atoms with Gasteiger partial charge in [0.1, 0.15) is 22.4 Å². The van der Waals surface area contributed by atoms with Crippen LogP contribution in [0, 0.1) is 23.7 Å². The summed E-state index contributed by atoms with van der Waals surface area (Å²) in [6.07, 6.45) is 6.04. The molecule has 3 aliphatic carbocycles. The van der Waals surface area contributed by atoms with Crippen LogP contribution in [-0.2, 0) is 0 Å². The maximum absolute atomic E-state index is 4.39. The van der Waals surface area contributed by atoms with Crippen molar-refractivity contribution in [1.82, 2.24) is 9.97 Å². The van der Waals surface area contributed by atoms with Gasteiger partial charge in [0.05, 0.1) is 0 Å². The molecule has 19 heavy (non-hydrogen) atoms. The highest BCUT2D eigenvalue weighted by atomic mass is 79.9. The van der Waals surface area contributed by atoms with Crippen molar-refractivity contribution in [3.8, 4) is 0 Å². The number of rotatable bonds is 4. The van der Waals surface area contributed by atoms with Crippen molar-refractivity contribution in [3.05, 3.63) is 10.8 Å². The van der Waals surface area contributed by atoms with Crippen molar-refractivity contribution >= 4 is 27.6 Å². The van der Waals surface area contributed by atoms with Gasteiger partial charge in [-0.25, -0.2) is 9.97 Å². The van der Waals surface area contributed by atoms with Crippen LogP contribution in [0.2, 0.25) is 0 Å². The van der Waals surface area contributed by atoms with E-state index in [0.29, 0.717) is 6.04 Å². The van der Waals surface area contributed by atoms with Crippen LogP contribution in [0.1, 0.15) is 26.2 Å². The summed E-state index contributed by atoms with van der Waals surface area (Å²) < 4.78 is 0.967. The van der Waals surface area contributed by atoms with Crippen molar-refractivity contribution in [2.24, 2.45) is 23.7 Å². The van der Waals surface area contributed by atoms with Crippen molar-refractivity contribution in [1.29, 1.82) is 0 Å². The summed E-state index contributed by atoms with van der Waals surface area (Å²) in [5, 5.41) is 6.90. The van der Waals surface area contributed by atoms with E-state index in [2.05, 4.69) is 43.5 Å². The van der Waals surface area contributed by atoms with Gasteiger partial charge in [-0.1, -0.05) is 0 Å². The Hall–Kier alpha value is -0.840. The van der Waals surface area contributed by atoms with Crippen LogP contribution in [0.25, 0.3) is 0 Å². The highest BCUT2D eigenvalue weighted by molar-refractivity contribution is 9.10. The molecule has 2 N–H and O–H groups in total. The lowest BCUT2D eigenvalue weighted by Crippen LogP contribution is -2.15. The van der Waals surface area contributed by atoms with Gasteiger partial charge in [-0.3, -0.25) is 0 Å². The molecule has 0 aromatic carbocycles. The number of fused-ring (bicyclic) bond motifs is 5. The average Bonchev–Trinajstić information content (AvgIpc) is 2.81. The first kappa shape index (κ1) is 11.9. The minimum absolute atomic E-state index is 0.659. The molecular formula is C14H19BrN4. The average molecular weight is 323 g/mol. The van der Waals surface area contributed by atoms with Crippen LogP contribution in [0.3, 0.4) is 0 Å². The Kier molecular flexibility index (Phi) is 2.72. The lowest BCUT2D eigenvalue weighted by molar-refractivity contribution is 0.456. The second kappa shape index (κ2) is 4.33. The van der Waals surface area contributed by atoms with Crippen molar-refractivity contribution in [2.45, 2.75) is 32.2 Å². The lowest BCUT2D eigenvalue weighted by atomic mass is 10.0. The van der Waals surface area contributed by atoms with E-state index in [4.69, 9.17) is 0 Å². The summed E-state index contributed by atoms with van der Waals surface area (Å²) in [6.45, 7) is 2.94. The highest BCUT2D eigenvalue weighted by Gasteiger charge is 2.65. The largest absolute Gasteiger partial charge is 0.369 e. The number of halogens is 1. The Labute approximate surface area is 121 Å². The fourth-order valence-corrected chi connectivity index (χ4v) is 4.90. The molecule has 0 aliphatic heterocycles. The van der Waals surface area contributed by atoms with Crippen LogP contribution in [0.15, 0.2) is 10.8 Å². The molecule has 4 rings (SSSR count). The lowest BCUT2D eigenvalue weighted by Gasteiger charge is -2.13. The Balaban J connectivity index is 1.51. The fraction of sp³-hybridized carbons (Fsp3) is 0.714. The highest BCUT2D eigenvalue weighted by Crippen LogP contribution is 2.66. The molecule has 3 fully saturated rings. The van der Waals surface area contributed by atoms with E-state index in [0.717, 1.165) is 46.3 Å². The quantitative estimate of drug-likeness (QED) is 0.894. The van der Waals surface area contributed by atoms with E-state index in [1.165, 1.54) is 19.3 Å². The molecule has 4 nitrogen and oxygen atoms in total. The maximum atomic E-state index is 4.39. The van der Waals surface area contributed by atoms with E-state index in [-0.39, 0.29) is 0 Å². The zero-order valence-corrected chi connectivity index (χ0v) is 12.7. The smallest absolute Gasteiger partial charge is 0.146 e. The zero-order valence-electron chi connectivity index (χ0n) is 11.1. The van der Waals surface area contributed by atoms with Crippen LogP contribution in [0.5, 0.6) is 0 Å². The normalized spacial score (nSPS) is 38.1. The summed E-state index contributed by atoms with van der Waals surface area (Å²) in [5.74, 6) is 5.65. The van der Waals surface area contributed by atoms with Crippen LogP contribution in [-0.4, -0.2) is 22.6 Å². The van der Waals surface area contributed by atoms with Gasteiger partial charge in [0.2, 0.25) is 0 Å². The van der Waals surface area contributed by atoms with Crippen molar-refractivity contribution in [2.75, 3.05) is 17.2 Å². The summed E-state index contributed by atoms with van der Waals surface area (Å²) in [4.78, 5) is 8.65. The predicted octanol–water partition coefficient (Wildman–Crippen LogP) is 3.13. The molecule has 0 amide bonds. The van der Waals surface area contributed by atoms with Crippen molar-refractivity contribution < 1.29 is 0 Å². The van der Waals surface area contributed by atoms with Crippen LogP contribution < -0.4 is 10.6 Å². The number of hydrogen-bond donors (Lipinski definition) is 2. The molecule has 4 unspecified atom stereocenters. The Morgan fingerprint density at radius 3 is 2.58 bits per heavy atom. The predicted molar refractivity (Wildman–Crippen MR) is 79.1 cm³/mol. The van der Waals surface area contributed by atoms with Gasteiger partial charge in [-0.2, -0.15) is 0 Å². The first-order valence-electron chi connectivity index (χ1n) is 7.30. The zero-order chi connectivity index (χ0) is 13.0. The summed E-state index contributed by atoms with van der Waals surface area (Å²) in [7, 11) is 0. The molecule has 3 saturated carbocycles. The Bertz CT molecular complexity index is 490. The van der Waals surface area contributed by atoms with Crippen molar-refractivity contribution in [3.63, 3.8) is 0 Å². The maximum Gasteiger partial charge on any atom is 0.146 e. The molecule has 102 valence electrons. The van der Waals surface area contributed by atoms with E-state index in [1.807, 2.05) is 0 Å². The molecule has 1 aromatic heterocycles. The van der Waals surface area contributed by atoms with Crippen LogP contribution in [0.4, 0.5) is 11.6 Å². The Morgan fingerprint density at radius 2 is 1.89 bits per heavy atom. The van der Waals surface area contributed by atoms with Gasteiger partial charge in [0.25, 0.3) is 0 Å². The molecule has 4 atom stereocenters. The van der Waals surface area contributed by atoms with E-state index in [9.17, 15) is 0 Å². The standard InChI is InChI=1S/C14H19BrN4/c1-2-16-13-11(15)14(18-6-17-13)19-12-9-7-3-4-8(5-7)10(9)12/h6-10,12H,2-5H2,1H3,(H2,16,17,18,19). The third-order valence-electron chi connectivity index (χ3n) is 5.17. The number of aromatic nitrogens is 2. The molecule has 2 bridgehead atoms. The van der Waals surface area contributed by atoms with Gasteiger partial charge in [-0.15, -0.1) is 0 Å². The molecule has 5 heteroatoms. The van der Waals surface area contributed by atoms with E-state index >= 15 is 0 Å². The number of nitrogens with zero attached hydrogens (tertiary/aromatic N) is 2. The molecule has 0 saturated heterocycles. The first-order valence-corrected chi connectivity index (χ1v) is 8.09. The monoisotopic (exact) mass is 322 g/mol. The van der Waals surface area contributed by atoms with E-state index in [1.54, 1.807) is 6.33 Å². The molecule has 1 aromatic rings. The third kappa shape index (κ3) is 1.77. The fourth-order valence-electron chi connectivity index (χ4n) is 4.44. The molecular weight excluding hydrogens is 304 g/mol. The first-order chi connectivity index (χ1) is 9.29. The molecule has 1 heterocycles. The van der Waals surface area contributed by atoms with Gasteiger partial charge in [0, 0.05) is 12.6 Å². The number of anilines is 2. The minimum Gasteiger partial charge on any atom is -0.369 e. The number of hydrogen-bond acceptors (Lipinski definition) is 4. The second-order valence-electron chi connectivity index (χ2n) is 6.07. The SMILES string of the molecule is CCNc1ncnc(NC2C3C4CCC(C4)C23)c1Br. The van der Waals surface area contributed by atoms with Gasteiger partial charge < -0.3 is 10.6 Å². The summed E-state index contributed by atoms with van der Waals surface area (Å²) in [5.41, 5.74) is 0. The van der Waals surface area contributed by atoms with Gasteiger partial charge >= 0.3 is 0 Å². The molecule has 0 spiro atoms.